The van der Waals surface area contributed by atoms with E-state index in [0.717, 1.165) is 33.1 Å². The minimum Gasteiger partial charge on any atom is -0.497 e. The van der Waals surface area contributed by atoms with Crippen LogP contribution in [-0.2, 0) is 4.79 Å². The number of carboxylic acids is 1. The largest absolute Gasteiger partial charge is 0.497 e. The van der Waals surface area contributed by atoms with E-state index in [1.54, 1.807) is 18.9 Å². The molecule has 0 aliphatic rings. The van der Waals surface area contributed by atoms with Crippen molar-refractivity contribution < 1.29 is 19.4 Å². The predicted octanol–water partition coefficient (Wildman–Crippen LogP) is 5.69. The van der Waals surface area contributed by atoms with E-state index in [1.165, 1.54) is 5.57 Å². The number of hydrogen-bond donors (Lipinski definition) is 1. The van der Waals surface area contributed by atoms with E-state index in [-0.39, 0.29) is 6.61 Å². The number of aliphatic carboxylic acids is 1. The van der Waals surface area contributed by atoms with Gasteiger partial charge in [-0.05, 0) is 59.5 Å². The Balaban J connectivity index is 1.77. The van der Waals surface area contributed by atoms with Gasteiger partial charge in [0, 0.05) is 10.6 Å². The molecular formula is C25H24O4S. The van der Waals surface area contributed by atoms with Crippen LogP contribution in [0.3, 0.4) is 0 Å². The van der Waals surface area contributed by atoms with Crippen molar-refractivity contribution in [1.82, 2.24) is 0 Å². The van der Waals surface area contributed by atoms with Gasteiger partial charge in [-0.25, -0.2) is 4.79 Å². The van der Waals surface area contributed by atoms with Crippen molar-refractivity contribution >= 4 is 23.3 Å². The first kappa shape index (κ1) is 21.5. The molecule has 0 aromatic heterocycles. The fraction of sp³-hybridized carbons (Fsp3) is 0.160. The van der Waals surface area contributed by atoms with Gasteiger partial charge in [-0.1, -0.05) is 48.5 Å². The van der Waals surface area contributed by atoms with E-state index in [0.29, 0.717) is 5.75 Å². The molecule has 30 heavy (non-hydrogen) atoms. The van der Waals surface area contributed by atoms with Crippen LogP contribution < -0.4 is 9.47 Å². The maximum atomic E-state index is 10.7. The zero-order chi connectivity index (χ0) is 21.3. The third kappa shape index (κ3) is 5.91. The van der Waals surface area contributed by atoms with Crippen LogP contribution in [0.5, 0.6) is 11.5 Å². The lowest BCUT2D eigenvalue weighted by atomic mass is 9.98. The van der Waals surface area contributed by atoms with Gasteiger partial charge < -0.3 is 14.6 Å². The third-order valence-corrected chi connectivity index (χ3v) is 5.62. The first-order valence-electron chi connectivity index (χ1n) is 9.55. The molecule has 0 aliphatic carbocycles. The van der Waals surface area contributed by atoms with Crippen LogP contribution in [0.25, 0.3) is 5.57 Å². The lowest BCUT2D eigenvalue weighted by molar-refractivity contribution is -0.139. The molecule has 3 aromatic carbocycles. The highest BCUT2D eigenvalue weighted by Gasteiger charge is 2.07. The van der Waals surface area contributed by atoms with Crippen molar-refractivity contribution in [2.45, 2.75) is 11.8 Å². The Hall–Kier alpha value is -3.18. The van der Waals surface area contributed by atoms with E-state index in [4.69, 9.17) is 14.6 Å². The van der Waals surface area contributed by atoms with Crippen molar-refractivity contribution in [2.24, 2.45) is 0 Å². The van der Waals surface area contributed by atoms with Gasteiger partial charge in [0.25, 0.3) is 0 Å². The number of carbonyl (C=O) groups is 1. The van der Waals surface area contributed by atoms with E-state index in [9.17, 15) is 4.79 Å². The average Bonchev–Trinajstić information content (AvgIpc) is 2.77. The fourth-order valence-corrected chi connectivity index (χ4v) is 3.90. The van der Waals surface area contributed by atoms with Gasteiger partial charge in [0.05, 0.1) is 7.11 Å². The zero-order valence-corrected chi connectivity index (χ0v) is 17.8. The number of aryl methyl sites for hydroxylation is 1. The molecule has 3 rings (SSSR count). The number of hydrogen-bond acceptors (Lipinski definition) is 4. The van der Waals surface area contributed by atoms with Crippen LogP contribution in [0.15, 0.2) is 83.8 Å². The Bertz CT molecular complexity index is 1010. The van der Waals surface area contributed by atoms with Crippen molar-refractivity contribution in [1.29, 1.82) is 0 Å². The molecule has 0 fully saturated rings. The van der Waals surface area contributed by atoms with E-state index >= 15 is 0 Å². The maximum absolute atomic E-state index is 10.7. The lowest BCUT2D eigenvalue weighted by Gasteiger charge is -2.11. The number of ether oxygens (including phenoxy) is 2. The zero-order valence-electron chi connectivity index (χ0n) is 17.0. The van der Waals surface area contributed by atoms with Crippen LogP contribution in [-0.4, -0.2) is 30.5 Å². The van der Waals surface area contributed by atoms with Gasteiger partial charge in [-0.3, -0.25) is 0 Å². The van der Waals surface area contributed by atoms with Gasteiger partial charge >= 0.3 is 5.97 Å². The van der Waals surface area contributed by atoms with Gasteiger partial charge in [0.2, 0.25) is 0 Å². The number of carboxylic acid groups (broad SMARTS) is 1. The maximum Gasteiger partial charge on any atom is 0.341 e. The van der Waals surface area contributed by atoms with E-state index in [1.807, 2.05) is 55.5 Å². The summed E-state index contributed by atoms with van der Waals surface area (Å²) in [5.41, 5.74) is 4.53. The first-order chi connectivity index (χ1) is 14.6. The summed E-state index contributed by atoms with van der Waals surface area (Å²) in [6.45, 7) is 1.66. The predicted molar refractivity (Wildman–Crippen MR) is 122 cm³/mol. The molecule has 0 unspecified atom stereocenters. The molecule has 0 saturated carbocycles. The normalized spacial score (nSPS) is 11.2. The Kier molecular flexibility index (Phi) is 7.57. The Morgan fingerprint density at radius 1 is 0.967 bits per heavy atom. The Morgan fingerprint density at radius 3 is 2.27 bits per heavy atom. The van der Waals surface area contributed by atoms with Crippen molar-refractivity contribution in [3.8, 4) is 11.5 Å². The van der Waals surface area contributed by atoms with E-state index in [2.05, 4.69) is 30.3 Å². The number of rotatable bonds is 9. The average molecular weight is 421 g/mol. The van der Waals surface area contributed by atoms with Gasteiger partial charge in [0.15, 0.2) is 6.61 Å². The highest BCUT2D eigenvalue weighted by molar-refractivity contribution is 7.99. The van der Waals surface area contributed by atoms with Gasteiger partial charge in [-0.15, -0.1) is 11.8 Å². The van der Waals surface area contributed by atoms with E-state index < -0.39 is 5.97 Å². The van der Waals surface area contributed by atoms with Crippen LogP contribution in [0.4, 0.5) is 0 Å². The van der Waals surface area contributed by atoms with Crippen LogP contribution in [0.2, 0.25) is 0 Å². The summed E-state index contributed by atoms with van der Waals surface area (Å²) < 4.78 is 10.5. The number of thioether (sulfide) groups is 1. The summed E-state index contributed by atoms with van der Waals surface area (Å²) >= 11 is 1.73. The summed E-state index contributed by atoms with van der Waals surface area (Å²) in [7, 11) is 1.67. The SMILES string of the molecule is COc1ccc(C(=CCSc2ccc(OCC(=O)O)cc2C)c2ccccc2)cc1. The second-order valence-electron chi connectivity index (χ2n) is 6.63. The topological polar surface area (TPSA) is 55.8 Å². The van der Waals surface area contributed by atoms with Crippen molar-refractivity contribution in [3.63, 3.8) is 0 Å². The molecule has 0 bridgehead atoms. The van der Waals surface area contributed by atoms with Crippen molar-refractivity contribution in [2.75, 3.05) is 19.5 Å². The summed E-state index contributed by atoms with van der Waals surface area (Å²) in [5, 5.41) is 8.74. The molecule has 3 aromatic rings. The highest BCUT2D eigenvalue weighted by Crippen LogP contribution is 2.29. The van der Waals surface area contributed by atoms with Gasteiger partial charge in [0.1, 0.15) is 11.5 Å². The number of benzene rings is 3. The molecule has 0 saturated heterocycles. The molecule has 0 aliphatic heterocycles. The summed E-state index contributed by atoms with van der Waals surface area (Å²) in [4.78, 5) is 11.8. The second-order valence-corrected chi connectivity index (χ2v) is 7.69. The fourth-order valence-electron chi connectivity index (χ4n) is 3.02. The molecule has 154 valence electrons. The summed E-state index contributed by atoms with van der Waals surface area (Å²) in [5.74, 6) is 1.22. The smallest absolute Gasteiger partial charge is 0.341 e. The molecule has 1 N–H and O–H groups in total. The van der Waals surface area contributed by atoms with Gasteiger partial charge in [-0.2, -0.15) is 0 Å². The minimum atomic E-state index is -0.983. The first-order valence-corrected chi connectivity index (χ1v) is 10.5. The molecular weight excluding hydrogens is 396 g/mol. The second kappa shape index (κ2) is 10.6. The summed E-state index contributed by atoms with van der Waals surface area (Å²) in [6, 6.07) is 24.1. The molecule has 4 nitrogen and oxygen atoms in total. The summed E-state index contributed by atoms with van der Waals surface area (Å²) in [6.07, 6.45) is 2.23. The molecule has 0 spiro atoms. The lowest BCUT2D eigenvalue weighted by Crippen LogP contribution is -2.09. The number of methoxy groups -OCH3 is 1. The molecule has 0 radical (unpaired) electrons. The molecule has 0 atom stereocenters. The van der Waals surface area contributed by atoms with Crippen molar-refractivity contribution in [3.05, 3.63) is 95.6 Å². The van der Waals surface area contributed by atoms with Crippen LogP contribution >= 0.6 is 11.8 Å². The van der Waals surface area contributed by atoms with Crippen LogP contribution in [0, 0.1) is 6.92 Å². The molecule has 0 heterocycles. The Labute approximate surface area is 181 Å². The highest BCUT2D eigenvalue weighted by atomic mass is 32.2. The molecule has 0 amide bonds. The molecule has 5 heteroatoms. The standard InChI is InChI=1S/C25H24O4S/c1-18-16-22(29-17-25(26)27)12-13-24(18)30-15-14-23(19-6-4-3-5-7-19)20-8-10-21(28-2)11-9-20/h3-14,16H,15,17H2,1-2H3,(H,26,27). The minimum absolute atomic E-state index is 0.336. The quantitative estimate of drug-likeness (QED) is 0.451. The van der Waals surface area contributed by atoms with Crippen LogP contribution in [0.1, 0.15) is 16.7 Å². The monoisotopic (exact) mass is 420 g/mol. The third-order valence-electron chi connectivity index (χ3n) is 4.52. The Morgan fingerprint density at radius 2 is 1.63 bits per heavy atom.